The maximum absolute atomic E-state index is 11.6. The first kappa shape index (κ1) is 14.1. The molecule has 1 N–H and O–H groups in total. The summed E-state index contributed by atoms with van der Waals surface area (Å²) in [6.07, 6.45) is 0.807. The Morgan fingerprint density at radius 2 is 2.05 bits per heavy atom. The number of carboxylic acids is 1. The summed E-state index contributed by atoms with van der Waals surface area (Å²) in [6.45, 7) is -0.406. The molecular weight excluding hydrogens is 286 g/mol. The molecule has 106 valence electrons. The number of hydrogen-bond donors (Lipinski definition) is 1. The molecule has 0 atom stereocenters. The lowest BCUT2D eigenvalue weighted by molar-refractivity contribution is -0.132. The van der Waals surface area contributed by atoms with Gasteiger partial charge < -0.3 is 14.6 Å². The summed E-state index contributed by atoms with van der Waals surface area (Å²) in [4.78, 5) is 10.6. The normalized spacial score (nSPS) is 16.2. The monoisotopic (exact) mass is 297 g/mol. The van der Waals surface area contributed by atoms with Crippen LogP contribution in [0.3, 0.4) is 0 Å². The molecule has 0 bridgehead atoms. The molecule has 1 aliphatic rings. The Hall–Kier alpha value is -2.35. The fourth-order valence-corrected chi connectivity index (χ4v) is 2.56. The average Bonchev–Trinajstić information content (AvgIpc) is 2.72. The third-order valence-corrected chi connectivity index (χ3v) is 3.92. The number of ether oxygens (including phenoxy) is 2. The van der Waals surface area contributed by atoms with Gasteiger partial charge in [0.25, 0.3) is 10.0 Å². The Labute approximate surface area is 115 Å². The van der Waals surface area contributed by atoms with E-state index in [0.29, 0.717) is 11.5 Å². The number of nitrogens with zero attached hydrogens (tertiary/aromatic N) is 1. The van der Waals surface area contributed by atoms with Gasteiger partial charge >= 0.3 is 5.97 Å². The second-order valence-corrected chi connectivity index (χ2v) is 5.47. The van der Waals surface area contributed by atoms with Crippen molar-refractivity contribution >= 4 is 22.2 Å². The molecule has 20 heavy (non-hydrogen) atoms. The Kier molecular flexibility index (Phi) is 3.75. The molecule has 0 aromatic heterocycles. The standard InChI is InChI=1S/C12H11NO6S/c1-18-8-3-2-4-9(5-8)19-7-11-10(12(14)15)6-13-20(11,16)17/h2-6H,7H2,1H3,(H,14,15). The van der Waals surface area contributed by atoms with Gasteiger partial charge in [0.2, 0.25) is 0 Å². The number of rotatable bonds is 5. The average molecular weight is 297 g/mol. The zero-order chi connectivity index (χ0) is 14.8. The fraction of sp³-hybridized carbons (Fsp3) is 0.167. The minimum Gasteiger partial charge on any atom is -0.497 e. The molecule has 1 aromatic carbocycles. The number of sulfonamides is 1. The van der Waals surface area contributed by atoms with E-state index in [1.165, 1.54) is 7.11 Å². The highest BCUT2D eigenvalue weighted by Crippen LogP contribution is 2.23. The van der Waals surface area contributed by atoms with Crippen molar-refractivity contribution in [2.75, 3.05) is 13.7 Å². The Morgan fingerprint density at radius 1 is 1.35 bits per heavy atom. The first-order chi connectivity index (χ1) is 9.44. The SMILES string of the molecule is COc1cccc(OCC2=C(C(=O)O)C=NS2(=O)=O)c1. The predicted molar refractivity (Wildman–Crippen MR) is 70.6 cm³/mol. The molecule has 0 spiro atoms. The molecule has 0 aliphatic carbocycles. The molecule has 0 amide bonds. The minimum atomic E-state index is -3.96. The van der Waals surface area contributed by atoms with Crippen LogP contribution in [0.15, 0.2) is 39.1 Å². The zero-order valence-electron chi connectivity index (χ0n) is 10.4. The van der Waals surface area contributed by atoms with Gasteiger partial charge in [-0.25, -0.2) is 4.79 Å². The quantitative estimate of drug-likeness (QED) is 0.863. The number of hydrogen-bond acceptors (Lipinski definition) is 5. The molecule has 1 aromatic rings. The number of carboxylic acid groups (broad SMARTS) is 1. The maximum Gasteiger partial charge on any atom is 0.338 e. The van der Waals surface area contributed by atoms with Gasteiger partial charge in [-0.3, -0.25) is 0 Å². The van der Waals surface area contributed by atoms with Gasteiger partial charge in [0.15, 0.2) is 0 Å². The van der Waals surface area contributed by atoms with E-state index in [1.807, 2.05) is 0 Å². The van der Waals surface area contributed by atoms with E-state index in [2.05, 4.69) is 4.40 Å². The van der Waals surface area contributed by atoms with Crippen LogP contribution >= 0.6 is 0 Å². The first-order valence-corrected chi connectivity index (χ1v) is 6.91. The third-order valence-electron chi connectivity index (χ3n) is 2.57. The van der Waals surface area contributed by atoms with Crippen LogP contribution < -0.4 is 9.47 Å². The summed E-state index contributed by atoms with van der Waals surface area (Å²) in [5, 5.41) is 8.91. The summed E-state index contributed by atoms with van der Waals surface area (Å²) < 4.78 is 36.7. The van der Waals surface area contributed by atoms with Crippen LogP contribution in [0.1, 0.15) is 0 Å². The molecule has 0 fully saturated rings. The van der Waals surface area contributed by atoms with Crippen molar-refractivity contribution in [3.63, 3.8) is 0 Å². The predicted octanol–water partition coefficient (Wildman–Crippen LogP) is 0.827. The second kappa shape index (κ2) is 5.33. The second-order valence-electron chi connectivity index (χ2n) is 3.82. The van der Waals surface area contributed by atoms with Crippen molar-refractivity contribution in [1.82, 2.24) is 0 Å². The molecular formula is C12H11NO6S. The molecule has 7 nitrogen and oxygen atoms in total. The van der Waals surface area contributed by atoms with Crippen LogP contribution in [0.2, 0.25) is 0 Å². The van der Waals surface area contributed by atoms with E-state index in [4.69, 9.17) is 14.6 Å². The summed E-state index contributed by atoms with van der Waals surface area (Å²) in [6, 6.07) is 6.53. The third kappa shape index (κ3) is 2.80. The number of carbonyl (C=O) groups is 1. The van der Waals surface area contributed by atoms with Crippen LogP contribution in [0.4, 0.5) is 0 Å². The van der Waals surface area contributed by atoms with Gasteiger partial charge in [-0.05, 0) is 12.1 Å². The van der Waals surface area contributed by atoms with Crippen LogP contribution in [0.5, 0.6) is 11.5 Å². The van der Waals surface area contributed by atoms with Crippen LogP contribution in [0, 0.1) is 0 Å². The van der Waals surface area contributed by atoms with Crippen molar-refractivity contribution in [2.24, 2.45) is 4.40 Å². The summed E-state index contributed by atoms with van der Waals surface area (Å²) >= 11 is 0. The van der Waals surface area contributed by atoms with Crippen molar-refractivity contribution in [3.05, 3.63) is 34.7 Å². The van der Waals surface area contributed by atoms with Crippen LogP contribution in [0.25, 0.3) is 0 Å². The van der Waals surface area contributed by atoms with E-state index in [1.54, 1.807) is 24.3 Å². The molecule has 0 saturated heterocycles. The Bertz CT molecular complexity index is 704. The smallest absolute Gasteiger partial charge is 0.338 e. The van der Waals surface area contributed by atoms with E-state index < -0.39 is 22.6 Å². The van der Waals surface area contributed by atoms with Crippen molar-refractivity contribution < 1.29 is 27.8 Å². The highest BCUT2D eigenvalue weighted by atomic mass is 32.2. The van der Waals surface area contributed by atoms with Gasteiger partial charge in [-0.2, -0.15) is 12.8 Å². The minimum absolute atomic E-state index is 0.365. The summed E-state index contributed by atoms with van der Waals surface area (Å²) in [7, 11) is -2.47. The first-order valence-electron chi connectivity index (χ1n) is 5.47. The summed E-state index contributed by atoms with van der Waals surface area (Å²) in [5.41, 5.74) is -0.382. The van der Waals surface area contributed by atoms with Gasteiger partial charge in [0, 0.05) is 6.07 Å². The lowest BCUT2D eigenvalue weighted by Crippen LogP contribution is -2.12. The van der Waals surface area contributed by atoms with Gasteiger partial charge in [0.1, 0.15) is 23.0 Å². The molecule has 0 saturated carbocycles. The lowest BCUT2D eigenvalue weighted by atomic mass is 10.3. The summed E-state index contributed by atoms with van der Waals surface area (Å²) in [5.74, 6) is -0.455. The molecule has 2 rings (SSSR count). The van der Waals surface area contributed by atoms with Crippen molar-refractivity contribution in [3.8, 4) is 11.5 Å². The van der Waals surface area contributed by atoms with Crippen molar-refractivity contribution in [2.45, 2.75) is 0 Å². The molecule has 1 heterocycles. The number of aliphatic carboxylic acids is 1. The largest absolute Gasteiger partial charge is 0.497 e. The fourth-order valence-electron chi connectivity index (χ4n) is 1.56. The highest BCUT2D eigenvalue weighted by molar-refractivity contribution is 7.94. The van der Waals surface area contributed by atoms with E-state index in [9.17, 15) is 13.2 Å². The molecule has 0 radical (unpaired) electrons. The van der Waals surface area contributed by atoms with Crippen molar-refractivity contribution in [1.29, 1.82) is 0 Å². The van der Waals surface area contributed by atoms with Gasteiger partial charge in [-0.1, -0.05) is 6.07 Å². The molecule has 1 aliphatic heterocycles. The van der Waals surface area contributed by atoms with Crippen LogP contribution in [-0.2, 0) is 14.8 Å². The topological polar surface area (TPSA) is 102 Å². The number of methoxy groups -OCH3 is 1. The Balaban J connectivity index is 2.21. The molecule has 0 unspecified atom stereocenters. The molecule has 8 heteroatoms. The maximum atomic E-state index is 11.6. The van der Waals surface area contributed by atoms with Gasteiger partial charge in [0.05, 0.1) is 18.9 Å². The highest BCUT2D eigenvalue weighted by Gasteiger charge is 2.30. The van der Waals surface area contributed by atoms with Crippen LogP contribution in [-0.4, -0.2) is 39.4 Å². The lowest BCUT2D eigenvalue weighted by Gasteiger charge is -2.08. The number of benzene rings is 1. The zero-order valence-corrected chi connectivity index (χ0v) is 11.3. The van der Waals surface area contributed by atoms with E-state index in [-0.39, 0.29) is 10.5 Å². The van der Waals surface area contributed by atoms with Gasteiger partial charge in [-0.15, -0.1) is 0 Å². The Morgan fingerprint density at radius 3 is 2.70 bits per heavy atom. The van der Waals surface area contributed by atoms with E-state index in [0.717, 1.165) is 6.21 Å². The van der Waals surface area contributed by atoms with E-state index >= 15 is 0 Å².